The fourth-order valence-electron chi connectivity index (χ4n) is 1.44. The van der Waals surface area contributed by atoms with Crippen LogP contribution in [-0.4, -0.2) is 24.1 Å². The molecule has 0 radical (unpaired) electrons. The third kappa shape index (κ3) is 4.89. The average molecular weight is 235 g/mol. The standard InChI is InChI=1S/C14H21NO2/c1-4-15(14(16)17-11-12(2)3)10-13-8-6-5-7-9-13/h5-9,12H,4,10-11H2,1-3H3. The molecule has 0 aliphatic heterocycles. The molecule has 1 rings (SSSR count). The maximum atomic E-state index is 11.8. The first-order valence-corrected chi connectivity index (χ1v) is 6.09. The Kier molecular flexibility index (Phi) is 5.53. The Morgan fingerprint density at radius 3 is 2.47 bits per heavy atom. The molecule has 0 spiro atoms. The van der Waals surface area contributed by atoms with Gasteiger partial charge in [-0.25, -0.2) is 4.79 Å². The Morgan fingerprint density at radius 2 is 1.94 bits per heavy atom. The van der Waals surface area contributed by atoms with Gasteiger partial charge in [-0.1, -0.05) is 44.2 Å². The Balaban J connectivity index is 2.51. The van der Waals surface area contributed by atoms with E-state index >= 15 is 0 Å². The second-order valence-electron chi connectivity index (χ2n) is 4.47. The Labute approximate surface area is 103 Å². The van der Waals surface area contributed by atoms with Crippen molar-refractivity contribution in [2.24, 2.45) is 5.92 Å². The van der Waals surface area contributed by atoms with Gasteiger partial charge in [0.15, 0.2) is 0 Å². The van der Waals surface area contributed by atoms with Crippen LogP contribution in [0.2, 0.25) is 0 Å². The lowest BCUT2D eigenvalue weighted by atomic mass is 10.2. The molecule has 0 bridgehead atoms. The quantitative estimate of drug-likeness (QED) is 0.783. The first-order chi connectivity index (χ1) is 8.13. The summed E-state index contributed by atoms with van der Waals surface area (Å²) in [6.45, 7) is 7.76. The zero-order chi connectivity index (χ0) is 12.7. The molecule has 0 aliphatic carbocycles. The largest absolute Gasteiger partial charge is 0.449 e. The van der Waals surface area contributed by atoms with Crippen LogP contribution in [-0.2, 0) is 11.3 Å². The van der Waals surface area contributed by atoms with Crippen molar-refractivity contribution in [3.05, 3.63) is 35.9 Å². The number of nitrogens with zero attached hydrogens (tertiary/aromatic N) is 1. The molecule has 0 heterocycles. The van der Waals surface area contributed by atoms with Crippen LogP contribution in [0.5, 0.6) is 0 Å². The van der Waals surface area contributed by atoms with Crippen LogP contribution in [0.4, 0.5) is 4.79 Å². The molecule has 0 fully saturated rings. The summed E-state index contributed by atoms with van der Waals surface area (Å²) in [6, 6.07) is 9.94. The summed E-state index contributed by atoms with van der Waals surface area (Å²) < 4.78 is 5.22. The molecular weight excluding hydrogens is 214 g/mol. The smallest absolute Gasteiger partial charge is 0.410 e. The molecule has 0 saturated heterocycles. The first-order valence-electron chi connectivity index (χ1n) is 6.09. The summed E-state index contributed by atoms with van der Waals surface area (Å²) in [7, 11) is 0. The third-order valence-electron chi connectivity index (χ3n) is 2.40. The second kappa shape index (κ2) is 6.94. The van der Waals surface area contributed by atoms with Crippen molar-refractivity contribution in [1.29, 1.82) is 0 Å². The van der Waals surface area contributed by atoms with Gasteiger partial charge in [0.1, 0.15) is 0 Å². The number of hydrogen-bond acceptors (Lipinski definition) is 2. The average Bonchev–Trinajstić information content (AvgIpc) is 2.34. The molecule has 1 amide bonds. The van der Waals surface area contributed by atoms with E-state index in [1.807, 2.05) is 51.1 Å². The molecule has 3 nitrogen and oxygen atoms in total. The summed E-state index contributed by atoms with van der Waals surface area (Å²) >= 11 is 0. The predicted octanol–water partition coefficient (Wildman–Crippen LogP) is 3.30. The van der Waals surface area contributed by atoms with E-state index in [2.05, 4.69) is 0 Å². The number of benzene rings is 1. The van der Waals surface area contributed by atoms with Gasteiger partial charge in [-0.15, -0.1) is 0 Å². The lowest BCUT2D eigenvalue weighted by Gasteiger charge is -2.21. The van der Waals surface area contributed by atoms with E-state index in [0.717, 1.165) is 5.56 Å². The van der Waals surface area contributed by atoms with E-state index in [-0.39, 0.29) is 6.09 Å². The van der Waals surface area contributed by atoms with Gasteiger partial charge >= 0.3 is 6.09 Å². The minimum absolute atomic E-state index is 0.231. The first kappa shape index (κ1) is 13.6. The monoisotopic (exact) mass is 235 g/mol. The summed E-state index contributed by atoms with van der Waals surface area (Å²) in [5.41, 5.74) is 1.12. The van der Waals surface area contributed by atoms with Crippen molar-refractivity contribution in [2.75, 3.05) is 13.2 Å². The van der Waals surface area contributed by atoms with Crippen LogP contribution in [0.1, 0.15) is 26.3 Å². The summed E-state index contributed by atoms with van der Waals surface area (Å²) in [5, 5.41) is 0. The highest BCUT2D eigenvalue weighted by atomic mass is 16.6. The molecular formula is C14H21NO2. The SMILES string of the molecule is CCN(Cc1ccccc1)C(=O)OCC(C)C. The summed E-state index contributed by atoms with van der Waals surface area (Å²) in [5.74, 6) is 0.370. The fourth-order valence-corrected chi connectivity index (χ4v) is 1.44. The number of rotatable bonds is 5. The van der Waals surface area contributed by atoms with Gasteiger partial charge in [0.05, 0.1) is 6.61 Å². The highest BCUT2D eigenvalue weighted by Gasteiger charge is 2.13. The van der Waals surface area contributed by atoms with Crippen LogP contribution in [0.25, 0.3) is 0 Å². The maximum Gasteiger partial charge on any atom is 0.410 e. The van der Waals surface area contributed by atoms with Gasteiger partial charge in [0.25, 0.3) is 0 Å². The molecule has 17 heavy (non-hydrogen) atoms. The summed E-state index contributed by atoms with van der Waals surface area (Å²) in [6.07, 6.45) is -0.231. The number of ether oxygens (including phenoxy) is 1. The van der Waals surface area contributed by atoms with E-state index in [4.69, 9.17) is 4.74 Å². The van der Waals surface area contributed by atoms with E-state index in [0.29, 0.717) is 25.6 Å². The zero-order valence-corrected chi connectivity index (χ0v) is 10.8. The van der Waals surface area contributed by atoms with Crippen molar-refractivity contribution in [3.8, 4) is 0 Å². The molecule has 0 aliphatic rings. The highest BCUT2D eigenvalue weighted by molar-refractivity contribution is 5.67. The molecule has 0 saturated carbocycles. The topological polar surface area (TPSA) is 29.5 Å². The third-order valence-corrected chi connectivity index (χ3v) is 2.40. The number of carbonyl (C=O) groups excluding carboxylic acids is 1. The molecule has 0 N–H and O–H groups in total. The normalized spacial score (nSPS) is 10.4. The molecule has 1 aromatic rings. The lowest BCUT2D eigenvalue weighted by molar-refractivity contribution is 0.0915. The minimum Gasteiger partial charge on any atom is -0.449 e. The van der Waals surface area contributed by atoms with Crippen LogP contribution < -0.4 is 0 Å². The molecule has 1 aromatic carbocycles. The van der Waals surface area contributed by atoms with Crippen LogP contribution in [0.15, 0.2) is 30.3 Å². The minimum atomic E-state index is -0.231. The highest BCUT2D eigenvalue weighted by Crippen LogP contribution is 2.06. The van der Waals surface area contributed by atoms with Crippen molar-refractivity contribution < 1.29 is 9.53 Å². The van der Waals surface area contributed by atoms with Crippen molar-refractivity contribution in [1.82, 2.24) is 4.90 Å². The fraction of sp³-hybridized carbons (Fsp3) is 0.500. The van der Waals surface area contributed by atoms with Gasteiger partial charge in [-0.05, 0) is 18.4 Å². The second-order valence-corrected chi connectivity index (χ2v) is 4.47. The van der Waals surface area contributed by atoms with Crippen molar-refractivity contribution >= 4 is 6.09 Å². The van der Waals surface area contributed by atoms with Crippen molar-refractivity contribution in [3.63, 3.8) is 0 Å². The number of hydrogen-bond donors (Lipinski definition) is 0. The molecule has 0 aromatic heterocycles. The van der Waals surface area contributed by atoms with Crippen molar-refractivity contribution in [2.45, 2.75) is 27.3 Å². The van der Waals surface area contributed by atoms with Gasteiger partial charge in [-0.3, -0.25) is 0 Å². The Morgan fingerprint density at radius 1 is 1.29 bits per heavy atom. The molecule has 0 atom stereocenters. The van der Waals surface area contributed by atoms with Gasteiger partial charge in [-0.2, -0.15) is 0 Å². The van der Waals surface area contributed by atoms with Crippen LogP contribution in [0, 0.1) is 5.92 Å². The van der Waals surface area contributed by atoms with E-state index in [9.17, 15) is 4.79 Å². The van der Waals surface area contributed by atoms with Crippen LogP contribution in [0.3, 0.4) is 0 Å². The molecule has 94 valence electrons. The zero-order valence-electron chi connectivity index (χ0n) is 10.8. The predicted molar refractivity (Wildman–Crippen MR) is 68.7 cm³/mol. The lowest BCUT2D eigenvalue weighted by Crippen LogP contribution is -2.31. The Hall–Kier alpha value is -1.51. The molecule has 3 heteroatoms. The van der Waals surface area contributed by atoms with Gasteiger partial charge < -0.3 is 9.64 Å². The van der Waals surface area contributed by atoms with E-state index in [1.54, 1.807) is 4.90 Å². The van der Waals surface area contributed by atoms with Gasteiger partial charge in [0, 0.05) is 13.1 Å². The molecule has 0 unspecified atom stereocenters. The Bertz CT molecular complexity index is 335. The van der Waals surface area contributed by atoms with E-state index < -0.39 is 0 Å². The maximum absolute atomic E-state index is 11.8. The van der Waals surface area contributed by atoms with Gasteiger partial charge in [0.2, 0.25) is 0 Å². The number of amides is 1. The van der Waals surface area contributed by atoms with Crippen LogP contribution >= 0.6 is 0 Å². The number of carbonyl (C=O) groups is 1. The van der Waals surface area contributed by atoms with E-state index in [1.165, 1.54) is 0 Å². The summed E-state index contributed by atoms with van der Waals surface area (Å²) in [4.78, 5) is 13.5.